The molecule has 0 aromatic carbocycles. The number of carbonyl (C=O) groups excluding carboxylic acids is 1. The van der Waals surface area contributed by atoms with Crippen molar-refractivity contribution in [1.29, 1.82) is 0 Å². The number of nitrogens with zero attached hydrogens (tertiary/aromatic N) is 3. The standard InChI is InChI=1S/C12H22N4O2/c1-5-9-6-11(16(4)14-9)12(18)13-7-10(17)8-15(2)3/h6,10,17H,5,7-8H2,1-4H3,(H,13,18). The van der Waals surface area contributed by atoms with E-state index in [-0.39, 0.29) is 12.5 Å². The largest absolute Gasteiger partial charge is 0.390 e. The monoisotopic (exact) mass is 254 g/mol. The molecule has 1 amide bonds. The second-order valence-electron chi connectivity index (χ2n) is 4.62. The summed E-state index contributed by atoms with van der Waals surface area (Å²) in [6.45, 7) is 2.75. The lowest BCUT2D eigenvalue weighted by molar-refractivity contribution is 0.0883. The van der Waals surface area contributed by atoms with Crippen LogP contribution in [-0.4, -0.2) is 59.0 Å². The van der Waals surface area contributed by atoms with Gasteiger partial charge in [-0.25, -0.2) is 0 Å². The van der Waals surface area contributed by atoms with Crippen molar-refractivity contribution in [3.63, 3.8) is 0 Å². The molecule has 1 heterocycles. The van der Waals surface area contributed by atoms with Crippen molar-refractivity contribution in [2.45, 2.75) is 19.4 Å². The lowest BCUT2D eigenvalue weighted by atomic mass is 10.3. The molecule has 0 aliphatic heterocycles. The number of hydrogen-bond donors (Lipinski definition) is 2. The summed E-state index contributed by atoms with van der Waals surface area (Å²) < 4.78 is 1.56. The molecule has 0 saturated carbocycles. The summed E-state index contributed by atoms with van der Waals surface area (Å²) in [4.78, 5) is 13.8. The topological polar surface area (TPSA) is 70.4 Å². The molecule has 102 valence electrons. The van der Waals surface area contributed by atoms with Crippen LogP contribution in [0.5, 0.6) is 0 Å². The van der Waals surface area contributed by atoms with Crippen molar-refractivity contribution >= 4 is 5.91 Å². The number of amides is 1. The first-order valence-electron chi connectivity index (χ1n) is 6.08. The minimum atomic E-state index is -0.567. The van der Waals surface area contributed by atoms with E-state index < -0.39 is 6.10 Å². The van der Waals surface area contributed by atoms with Crippen LogP contribution in [-0.2, 0) is 13.5 Å². The van der Waals surface area contributed by atoms with Crippen LogP contribution in [0.25, 0.3) is 0 Å². The fourth-order valence-corrected chi connectivity index (χ4v) is 1.70. The number of aliphatic hydroxyl groups excluding tert-OH is 1. The van der Waals surface area contributed by atoms with Gasteiger partial charge in [-0.2, -0.15) is 5.10 Å². The summed E-state index contributed by atoms with van der Waals surface area (Å²) in [5, 5.41) is 16.6. The second kappa shape index (κ2) is 6.51. The van der Waals surface area contributed by atoms with E-state index in [1.165, 1.54) is 0 Å². The molecule has 6 nitrogen and oxygen atoms in total. The Balaban J connectivity index is 2.52. The van der Waals surface area contributed by atoms with E-state index in [1.807, 2.05) is 25.9 Å². The van der Waals surface area contributed by atoms with Crippen LogP contribution in [0, 0.1) is 0 Å². The van der Waals surface area contributed by atoms with Gasteiger partial charge in [0.25, 0.3) is 5.91 Å². The summed E-state index contributed by atoms with van der Waals surface area (Å²) in [6.07, 6.45) is 0.229. The molecular weight excluding hydrogens is 232 g/mol. The highest BCUT2D eigenvalue weighted by Crippen LogP contribution is 2.03. The van der Waals surface area contributed by atoms with Crippen LogP contribution in [0.4, 0.5) is 0 Å². The van der Waals surface area contributed by atoms with Crippen LogP contribution in [0.15, 0.2) is 6.07 Å². The van der Waals surface area contributed by atoms with E-state index in [1.54, 1.807) is 17.8 Å². The fourth-order valence-electron chi connectivity index (χ4n) is 1.70. The Hall–Kier alpha value is -1.40. The summed E-state index contributed by atoms with van der Waals surface area (Å²) in [5.74, 6) is -0.206. The predicted octanol–water partition coefficient (Wildman–Crippen LogP) is -0.365. The zero-order chi connectivity index (χ0) is 13.7. The van der Waals surface area contributed by atoms with E-state index in [0.717, 1.165) is 12.1 Å². The SMILES string of the molecule is CCc1cc(C(=O)NCC(O)CN(C)C)n(C)n1. The molecule has 6 heteroatoms. The molecule has 18 heavy (non-hydrogen) atoms. The number of likely N-dealkylation sites (N-methyl/N-ethyl adjacent to an activating group) is 1. The third-order valence-electron chi connectivity index (χ3n) is 2.60. The molecule has 2 N–H and O–H groups in total. The molecule has 0 aliphatic rings. The van der Waals surface area contributed by atoms with Crippen LogP contribution in [0.1, 0.15) is 23.1 Å². The molecule has 1 unspecified atom stereocenters. The highest BCUT2D eigenvalue weighted by molar-refractivity contribution is 5.92. The van der Waals surface area contributed by atoms with Crippen molar-refractivity contribution < 1.29 is 9.90 Å². The number of aryl methyl sites for hydroxylation is 2. The van der Waals surface area contributed by atoms with E-state index in [9.17, 15) is 9.90 Å². The molecule has 0 aliphatic carbocycles. The van der Waals surface area contributed by atoms with Crippen molar-refractivity contribution in [1.82, 2.24) is 20.0 Å². The Morgan fingerprint density at radius 2 is 2.28 bits per heavy atom. The highest BCUT2D eigenvalue weighted by Gasteiger charge is 2.14. The van der Waals surface area contributed by atoms with Gasteiger partial charge in [0.05, 0.1) is 11.8 Å². The van der Waals surface area contributed by atoms with Gasteiger partial charge in [-0.15, -0.1) is 0 Å². The zero-order valence-corrected chi connectivity index (χ0v) is 11.5. The van der Waals surface area contributed by atoms with Gasteiger partial charge in [0.1, 0.15) is 5.69 Å². The third kappa shape index (κ3) is 4.12. The van der Waals surface area contributed by atoms with E-state index in [0.29, 0.717) is 12.2 Å². The average Bonchev–Trinajstić information content (AvgIpc) is 2.66. The number of carbonyl (C=O) groups is 1. The smallest absolute Gasteiger partial charge is 0.269 e. The minimum Gasteiger partial charge on any atom is -0.390 e. The van der Waals surface area contributed by atoms with Gasteiger partial charge >= 0.3 is 0 Å². The van der Waals surface area contributed by atoms with E-state index in [4.69, 9.17) is 0 Å². The fraction of sp³-hybridized carbons (Fsp3) is 0.667. The second-order valence-corrected chi connectivity index (χ2v) is 4.62. The van der Waals surface area contributed by atoms with Crippen molar-refractivity contribution in [3.8, 4) is 0 Å². The van der Waals surface area contributed by atoms with Crippen LogP contribution in [0.3, 0.4) is 0 Å². The maximum absolute atomic E-state index is 11.9. The summed E-state index contributed by atoms with van der Waals surface area (Å²) >= 11 is 0. The molecule has 0 fully saturated rings. The number of rotatable bonds is 6. The van der Waals surface area contributed by atoms with Gasteiger partial charge < -0.3 is 15.3 Å². The Morgan fingerprint density at radius 1 is 1.61 bits per heavy atom. The maximum Gasteiger partial charge on any atom is 0.269 e. The molecule has 0 bridgehead atoms. The van der Waals surface area contributed by atoms with E-state index in [2.05, 4.69) is 10.4 Å². The van der Waals surface area contributed by atoms with Crippen molar-refractivity contribution in [2.75, 3.05) is 27.2 Å². The molecule has 0 saturated heterocycles. The molecule has 1 aromatic heterocycles. The maximum atomic E-state index is 11.9. The lowest BCUT2D eigenvalue weighted by Crippen LogP contribution is -2.38. The minimum absolute atomic E-state index is 0.206. The summed E-state index contributed by atoms with van der Waals surface area (Å²) in [7, 11) is 5.49. The van der Waals surface area contributed by atoms with Gasteiger partial charge in [-0.3, -0.25) is 9.48 Å². The van der Waals surface area contributed by atoms with Crippen molar-refractivity contribution in [2.24, 2.45) is 7.05 Å². The van der Waals surface area contributed by atoms with E-state index >= 15 is 0 Å². The first-order chi connectivity index (χ1) is 8.43. The number of hydrogen-bond acceptors (Lipinski definition) is 4. The predicted molar refractivity (Wildman–Crippen MR) is 69.5 cm³/mol. The van der Waals surface area contributed by atoms with Gasteiger partial charge in [0, 0.05) is 20.1 Å². The Bertz CT molecular complexity index is 401. The molecular formula is C12H22N4O2. The number of nitrogens with one attached hydrogen (secondary N) is 1. The molecule has 1 atom stereocenters. The first-order valence-corrected chi connectivity index (χ1v) is 6.08. The number of aliphatic hydroxyl groups is 1. The summed E-state index contributed by atoms with van der Waals surface area (Å²) in [6, 6.07) is 1.77. The third-order valence-corrected chi connectivity index (χ3v) is 2.60. The zero-order valence-electron chi connectivity index (χ0n) is 11.5. The Kier molecular flexibility index (Phi) is 5.30. The van der Waals surface area contributed by atoms with Crippen LogP contribution >= 0.6 is 0 Å². The number of aromatic nitrogens is 2. The Morgan fingerprint density at radius 3 is 2.78 bits per heavy atom. The van der Waals surface area contributed by atoms with Crippen LogP contribution in [0.2, 0.25) is 0 Å². The quantitative estimate of drug-likeness (QED) is 0.727. The summed E-state index contributed by atoms with van der Waals surface area (Å²) in [5.41, 5.74) is 1.40. The van der Waals surface area contributed by atoms with Gasteiger partial charge in [0.2, 0.25) is 0 Å². The molecule has 1 rings (SSSR count). The molecule has 1 aromatic rings. The van der Waals surface area contributed by atoms with Crippen LogP contribution < -0.4 is 5.32 Å². The van der Waals surface area contributed by atoms with Crippen molar-refractivity contribution in [3.05, 3.63) is 17.5 Å². The normalized spacial score (nSPS) is 12.8. The van der Waals surface area contributed by atoms with Gasteiger partial charge in [-0.1, -0.05) is 6.92 Å². The Labute approximate surface area is 108 Å². The first kappa shape index (κ1) is 14.7. The molecule has 0 spiro atoms. The highest BCUT2D eigenvalue weighted by atomic mass is 16.3. The van der Waals surface area contributed by atoms with Gasteiger partial charge in [0.15, 0.2) is 0 Å². The molecule has 0 radical (unpaired) electrons. The average molecular weight is 254 g/mol. The lowest BCUT2D eigenvalue weighted by Gasteiger charge is -2.16. The van der Waals surface area contributed by atoms with Gasteiger partial charge in [-0.05, 0) is 26.6 Å².